The number of rotatable bonds is 8. The van der Waals surface area contributed by atoms with Crippen LogP contribution in [-0.2, 0) is 11.2 Å². The standard InChI is InChI=1S/C17H27NO/c1-2-18-16(14-17-12-7-13-19-17)11-6-10-15-8-4-3-5-9-15/h3-5,8-9,16-18H,2,6-7,10-14H2,1H3. The number of benzene rings is 1. The fourth-order valence-electron chi connectivity index (χ4n) is 2.94. The first-order chi connectivity index (χ1) is 9.38. The van der Waals surface area contributed by atoms with E-state index >= 15 is 0 Å². The summed E-state index contributed by atoms with van der Waals surface area (Å²) in [6.07, 6.45) is 7.88. The highest BCUT2D eigenvalue weighted by molar-refractivity contribution is 5.14. The summed E-state index contributed by atoms with van der Waals surface area (Å²) in [5.74, 6) is 0. The van der Waals surface area contributed by atoms with E-state index in [-0.39, 0.29) is 0 Å². The highest BCUT2D eigenvalue weighted by Gasteiger charge is 2.19. The van der Waals surface area contributed by atoms with Crippen LogP contribution in [0.4, 0.5) is 0 Å². The van der Waals surface area contributed by atoms with Crippen molar-refractivity contribution in [1.82, 2.24) is 5.32 Å². The molecular formula is C17H27NO. The molecule has 1 aromatic rings. The Morgan fingerprint density at radius 2 is 2.16 bits per heavy atom. The molecule has 2 nitrogen and oxygen atoms in total. The maximum Gasteiger partial charge on any atom is 0.0590 e. The van der Waals surface area contributed by atoms with Gasteiger partial charge in [-0.15, -0.1) is 0 Å². The number of nitrogens with one attached hydrogen (secondary N) is 1. The van der Waals surface area contributed by atoms with Gasteiger partial charge in [0.25, 0.3) is 0 Å². The molecule has 1 fully saturated rings. The van der Waals surface area contributed by atoms with E-state index in [1.54, 1.807) is 0 Å². The minimum Gasteiger partial charge on any atom is -0.378 e. The molecule has 1 aliphatic rings. The summed E-state index contributed by atoms with van der Waals surface area (Å²) in [5.41, 5.74) is 1.45. The molecule has 2 unspecified atom stereocenters. The number of hydrogen-bond donors (Lipinski definition) is 1. The van der Waals surface area contributed by atoms with Gasteiger partial charge < -0.3 is 10.1 Å². The van der Waals surface area contributed by atoms with E-state index in [2.05, 4.69) is 42.6 Å². The molecule has 1 heterocycles. The number of ether oxygens (including phenoxy) is 1. The first-order valence-electron chi connectivity index (χ1n) is 7.77. The smallest absolute Gasteiger partial charge is 0.0590 e. The summed E-state index contributed by atoms with van der Waals surface area (Å²) in [6.45, 7) is 4.22. The van der Waals surface area contributed by atoms with Gasteiger partial charge in [0, 0.05) is 12.6 Å². The monoisotopic (exact) mass is 261 g/mol. The van der Waals surface area contributed by atoms with Crippen LogP contribution in [0.2, 0.25) is 0 Å². The summed E-state index contributed by atoms with van der Waals surface area (Å²) < 4.78 is 5.75. The average molecular weight is 261 g/mol. The van der Waals surface area contributed by atoms with E-state index < -0.39 is 0 Å². The molecule has 0 amide bonds. The SMILES string of the molecule is CCNC(CCCc1ccccc1)CC1CCCO1. The fraction of sp³-hybridized carbons (Fsp3) is 0.647. The Morgan fingerprint density at radius 1 is 1.32 bits per heavy atom. The molecule has 1 aromatic carbocycles. The van der Waals surface area contributed by atoms with Gasteiger partial charge in [0.05, 0.1) is 6.10 Å². The Morgan fingerprint density at radius 3 is 2.84 bits per heavy atom. The molecule has 1 saturated heterocycles. The van der Waals surface area contributed by atoms with Gasteiger partial charge in [-0.1, -0.05) is 37.3 Å². The zero-order valence-electron chi connectivity index (χ0n) is 12.1. The maximum atomic E-state index is 5.75. The van der Waals surface area contributed by atoms with Crippen LogP contribution < -0.4 is 5.32 Å². The summed E-state index contributed by atoms with van der Waals surface area (Å²) in [5, 5.41) is 3.62. The lowest BCUT2D eigenvalue weighted by Crippen LogP contribution is -2.32. The number of hydrogen-bond acceptors (Lipinski definition) is 2. The molecule has 2 heteroatoms. The third-order valence-electron chi connectivity index (χ3n) is 3.93. The number of aryl methyl sites for hydroxylation is 1. The summed E-state index contributed by atoms with van der Waals surface area (Å²) in [6, 6.07) is 11.4. The van der Waals surface area contributed by atoms with E-state index in [0.717, 1.165) is 13.2 Å². The average Bonchev–Trinajstić information content (AvgIpc) is 2.93. The van der Waals surface area contributed by atoms with Crippen molar-refractivity contribution in [3.8, 4) is 0 Å². The van der Waals surface area contributed by atoms with Crippen molar-refractivity contribution in [2.75, 3.05) is 13.2 Å². The molecule has 0 radical (unpaired) electrons. The highest BCUT2D eigenvalue weighted by atomic mass is 16.5. The Bertz CT molecular complexity index is 332. The first kappa shape index (κ1) is 14.5. The molecule has 0 saturated carbocycles. The molecule has 0 aliphatic carbocycles. The Balaban J connectivity index is 1.70. The van der Waals surface area contributed by atoms with Crippen molar-refractivity contribution >= 4 is 0 Å². The zero-order chi connectivity index (χ0) is 13.3. The van der Waals surface area contributed by atoms with Crippen molar-refractivity contribution in [2.45, 2.75) is 57.6 Å². The lowest BCUT2D eigenvalue weighted by molar-refractivity contribution is 0.0936. The molecule has 0 aromatic heterocycles. The summed E-state index contributed by atoms with van der Waals surface area (Å²) in [4.78, 5) is 0. The fourth-order valence-corrected chi connectivity index (χ4v) is 2.94. The summed E-state index contributed by atoms with van der Waals surface area (Å²) in [7, 11) is 0. The molecule has 19 heavy (non-hydrogen) atoms. The topological polar surface area (TPSA) is 21.3 Å². The predicted octanol–water partition coefficient (Wildman–Crippen LogP) is 3.56. The van der Waals surface area contributed by atoms with E-state index in [9.17, 15) is 0 Å². The quantitative estimate of drug-likeness (QED) is 0.772. The van der Waals surface area contributed by atoms with Crippen LogP contribution in [0.3, 0.4) is 0 Å². The second kappa shape index (κ2) is 8.34. The second-order valence-electron chi connectivity index (χ2n) is 5.50. The van der Waals surface area contributed by atoms with E-state index in [4.69, 9.17) is 4.74 Å². The zero-order valence-corrected chi connectivity index (χ0v) is 12.1. The molecule has 1 N–H and O–H groups in total. The lowest BCUT2D eigenvalue weighted by atomic mass is 9.99. The van der Waals surface area contributed by atoms with Crippen LogP contribution in [0.15, 0.2) is 30.3 Å². The molecule has 1 aliphatic heterocycles. The van der Waals surface area contributed by atoms with Crippen LogP contribution in [-0.4, -0.2) is 25.3 Å². The molecule has 106 valence electrons. The minimum absolute atomic E-state index is 0.501. The van der Waals surface area contributed by atoms with Crippen molar-refractivity contribution in [2.24, 2.45) is 0 Å². The lowest BCUT2D eigenvalue weighted by Gasteiger charge is -2.21. The first-order valence-corrected chi connectivity index (χ1v) is 7.77. The van der Waals surface area contributed by atoms with Gasteiger partial charge in [-0.25, -0.2) is 0 Å². The van der Waals surface area contributed by atoms with Crippen LogP contribution in [0, 0.1) is 0 Å². The van der Waals surface area contributed by atoms with Crippen molar-refractivity contribution in [1.29, 1.82) is 0 Å². The van der Waals surface area contributed by atoms with Gasteiger partial charge in [0.2, 0.25) is 0 Å². The van der Waals surface area contributed by atoms with Gasteiger partial charge in [-0.3, -0.25) is 0 Å². The normalized spacial score (nSPS) is 20.6. The van der Waals surface area contributed by atoms with E-state index in [1.165, 1.54) is 44.1 Å². The third kappa shape index (κ3) is 5.33. The Kier molecular flexibility index (Phi) is 6.38. The van der Waals surface area contributed by atoms with Gasteiger partial charge >= 0.3 is 0 Å². The molecule has 2 rings (SSSR count). The van der Waals surface area contributed by atoms with Gasteiger partial charge in [-0.05, 0) is 50.6 Å². The summed E-state index contributed by atoms with van der Waals surface area (Å²) >= 11 is 0. The van der Waals surface area contributed by atoms with Crippen LogP contribution in [0.1, 0.15) is 44.6 Å². The molecule has 0 bridgehead atoms. The third-order valence-corrected chi connectivity index (χ3v) is 3.93. The van der Waals surface area contributed by atoms with Crippen molar-refractivity contribution < 1.29 is 4.74 Å². The van der Waals surface area contributed by atoms with Gasteiger partial charge in [-0.2, -0.15) is 0 Å². The van der Waals surface area contributed by atoms with Crippen molar-refractivity contribution in [3.63, 3.8) is 0 Å². The minimum atomic E-state index is 0.501. The highest BCUT2D eigenvalue weighted by Crippen LogP contribution is 2.19. The Hall–Kier alpha value is -0.860. The van der Waals surface area contributed by atoms with E-state index in [1.807, 2.05) is 0 Å². The predicted molar refractivity (Wildman–Crippen MR) is 80.4 cm³/mol. The molecule has 0 spiro atoms. The molecular weight excluding hydrogens is 234 g/mol. The van der Waals surface area contributed by atoms with Gasteiger partial charge in [0.15, 0.2) is 0 Å². The van der Waals surface area contributed by atoms with Crippen LogP contribution >= 0.6 is 0 Å². The Labute approximate surface area is 117 Å². The van der Waals surface area contributed by atoms with Gasteiger partial charge in [0.1, 0.15) is 0 Å². The van der Waals surface area contributed by atoms with Crippen molar-refractivity contribution in [3.05, 3.63) is 35.9 Å². The second-order valence-corrected chi connectivity index (χ2v) is 5.50. The largest absolute Gasteiger partial charge is 0.378 e. The molecule has 2 atom stereocenters. The van der Waals surface area contributed by atoms with E-state index in [0.29, 0.717) is 12.1 Å². The van der Waals surface area contributed by atoms with Crippen LogP contribution in [0.25, 0.3) is 0 Å². The maximum absolute atomic E-state index is 5.75. The van der Waals surface area contributed by atoms with Crippen LogP contribution in [0.5, 0.6) is 0 Å².